The molecule has 2 aliphatic heterocycles. The highest BCUT2D eigenvalue weighted by atomic mass is 16.5. The smallest absolute Gasteiger partial charge is 0.355 e. The molecule has 0 aromatic heterocycles. The molecule has 0 aliphatic carbocycles. The molecule has 8 heteroatoms. The lowest BCUT2D eigenvalue weighted by molar-refractivity contribution is -0.133. The number of nitrogens with zero attached hydrogens (tertiary/aromatic N) is 2. The van der Waals surface area contributed by atoms with Gasteiger partial charge in [-0.15, -0.1) is 0 Å². The van der Waals surface area contributed by atoms with E-state index in [-0.39, 0.29) is 17.2 Å². The summed E-state index contributed by atoms with van der Waals surface area (Å²) in [6.45, 7) is 1.39. The van der Waals surface area contributed by atoms with E-state index in [0.717, 1.165) is 4.90 Å². The van der Waals surface area contributed by atoms with Gasteiger partial charge in [0.1, 0.15) is 12.0 Å². The predicted molar refractivity (Wildman–Crippen MR) is 78.8 cm³/mol. The summed E-state index contributed by atoms with van der Waals surface area (Å²) in [5.74, 6) is -3.05. The summed E-state index contributed by atoms with van der Waals surface area (Å²) in [6.07, 6.45) is 0. The molecule has 0 unspecified atom stereocenters. The van der Waals surface area contributed by atoms with E-state index in [1.165, 1.54) is 20.1 Å². The normalized spacial score (nSPS) is 22.5. The number of ketones is 1. The molecule has 1 aromatic rings. The van der Waals surface area contributed by atoms with Crippen LogP contribution in [0.15, 0.2) is 29.4 Å². The van der Waals surface area contributed by atoms with Crippen LogP contribution >= 0.6 is 0 Å². The van der Waals surface area contributed by atoms with E-state index >= 15 is 0 Å². The van der Waals surface area contributed by atoms with Gasteiger partial charge in [0, 0.05) is 5.56 Å². The van der Waals surface area contributed by atoms with Crippen LogP contribution in [-0.2, 0) is 19.1 Å². The first-order valence-corrected chi connectivity index (χ1v) is 6.86. The molecule has 1 aromatic carbocycles. The quantitative estimate of drug-likeness (QED) is 0.473. The fourth-order valence-electron chi connectivity index (χ4n) is 2.68. The van der Waals surface area contributed by atoms with E-state index in [9.17, 15) is 19.2 Å². The molecule has 1 fully saturated rings. The third-order valence-electron chi connectivity index (χ3n) is 3.83. The fraction of sp³-hybridized carbons (Fsp3) is 0.267. The van der Waals surface area contributed by atoms with Gasteiger partial charge in [-0.25, -0.2) is 9.69 Å². The second-order valence-electron chi connectivity index (χ2n) is 5.19. The number of benzene rings is 1. The number of hydrogen-bond acceptors (Lipinski definition) is 7. The number of amides is 2. The molecule has 2 amide bonds. The Labute approximate surface area is 131 Å². The molecule has 0 bridgehead atoms. The molecule has 1 saturated heterocycles. The summed E-state index contributed by atoms with van der Waals surface area (Å²) in [4.78, 5) is 49.2. The zero-order valence-corrected chi connectivity index (χ0v) is 12.4. The van der Waals surface area contributed by atoms with Gasteiger partial charge >= 0.3 is 5.97 Å². The van der Waals surface area contributed by atoms with Crippen LogP contribution in [0.25, 0.3) is 0 Å². The Morgan fingerprint density at radius 3 is 2.65 bits per heavy atom. The number of methoxy groups -OCH3 is 1. The number of anilines is 1. The number of ether oxygens (including phenoxy) is 1. The van der Waals surface area contributed by atoms with Crippen LogP contribution in [0, 0.1) is 5.92 Å². The molecule has 2 heterocycles. The molecule has 3 rings (SSSR count). The lowest BCUT2D eigenvalue weighted by Crippen LogP contribution is -2.36. The van der Waals surface area contributed by atoms with E-state index in [4.69, 9.17) is 0 Å². The molecule has 23 heavy (non-hydrogen) atoms. The highest BCUT2D eigenvalue weighted by molar-refractivity contribution is 6.46. The number of carbonyl (C=O) groups is 4. The van der Waals surface area contributed by atoms with Crippen molar-refractivity contribution in [3.05, 3.63) is 29.8 Å². The van der Waals surface area contributed by atoms with E-state index < -0.39 is 29.7 Å². The van der Waals surface area contributed by atoms with Crippen LogP contribution in [0.5, 0.6) is 0 Å². The van der Waals surface area contributed by atoms with Crippen molar-refractivity contribution in [2.24, 2.45) is 11.0 Å². The number of rotatable bonds is 3. The SMILES string of the molecule is COC(=O)C1=NN[C@@H]2C(=O)N(c3cccc(C(C)=O)c3)C(=O)[C@H]12. The van der Waals surface area contributed by atoms with Crippen molar-refractivity contribution in [2.45, 2.75) is 13.0 Å². The van der Waals surface area contributed by atoms with Gasteiger partial charge < -0.3 is 4.74 Å². The van der Waals surface area contributed by atoms with E-state index in [0.29, 0.717) is 5.56 Å². The second-order valence-corrected chi connectivity index (χ2v) is 5.19. The lowest BCUT2D eigenvalue weighted by Gasteiger charge is -2.16. The molecule has 0 radical (unpaired) electrons. The van der Waals surface area contributed by atoms with Crippen molar-refractivity contribution in [2.75, 3.05) is 12.0 Å². The Balaban J connectivity index is 1.98. The van der Waals surface area contributed by atoms with Crippen LogP contribution in [0.4, 0.5) is 5.69 Å². The molecule has 0 saturated carbocycles. The third kappa shape index (κ3) is 2.19. The van der Waals surface area contributed by atoms with E-state index in [2.05, 4.69) is 15.3 Å². The number of hydrogen-bond donors (Lipinski definition) is 1. The van der Waals surface area contributed by atoms with Gasteiger partial charge in [0.2, 0.25) is 5.91 Å². The molecule has 2 aliphatic rings. The number of imide groups is 1. The average molecular weight is 315 g/mol. The van der Waals surface area contributed by atoms with Crippen molar-refractivity contribution in [1.29, 1.82) is 0 Å². The Morgan fingerprint density at radius 1 is 1.26 bits per heavy atom. The fourth-order valence-corrected chi connectivity index (χ4v) is 2.68. The summed E-state index contributed by atoms with van der Waals surface area (Å²) in [5.41, 5.74) is 3.05. The Morgan fingerprint density at radius 2 is 2.00 bits per heavy atom. The lowest BCUT2D eigenvalue weighted by atomic mass is 9.99. The molecule has 0 spiro atoms. The number of hydrazone groups is 1. The zero-order chi connectivity index (χ0) is 16.7. The number of carbonyl (C=O) groups excluding carboxylic acids is 4. The van der Waals surface area contributed by atoms with Gasteiger partial charge in [-0.1, -0.05) is 12.1 Å². The van der Waals surface area contributed by atoms with Crippen LogP contribution < -0.4 is 10.3 Å². The minimum atomic E-state index is -1.02. The van der Waals surface area contributed by atoms with Crippen molar-refractivity contribution in [3.63, 3.8) is 0 Å². The van der Waals surface area contributed by atoms with E-state index in [1.54, 1.807) is 18.2 Å². The van der Waals surface area contributed by atoms with Crippen LogP contribution in [0.3, 0.4) is 0 Å². The molecule has 8 nitrogen and oxygen atoms in total. The van der Waals surface area contributed by atoms with Crippen LogP contribution in [0.2, 0.25) is 0 Å². The summed E-state index contributed by atoms with van der Waals surface area (Å²) >= 11 is 0. The maximum absolute atomic E-state index is 12.6. The number of nitrogens with one attached hydrogen (secondary N) is 1. The number of Topliss-reactive ketones (excluding diaryl/α,β-unsaturated/α-hetero) is 1. The predicted octanol–water partition coefficient (Wildman–Crippen LogP) is -0.121. The summed E-state index contributed by atoms with van der Waals surface area (Å²) < 4.78 is 4.58. The van der Waals surface area contributed by atoms with Crippen molar-refractivity contribution >= 4 is 35.0 Å². The number of fused-ring (bicyclic) bond motifs is 1. The maximum Gasteiger partial charge on any atom is 0.355 e. The van der Waals surface area contributed by atoms with Crippen LogP contribution in [-0.4, -0.2) is 42.4 Å². The van der Waals surface area contributed by atoms with Crippen LogP contribution in [0.1, 0.15) is 17.3 Å². The largest absolute Gasteiger partial charge is 0.464 e. The highest BCUT2D eigenvalue weighted by Gasteiger charge is 2.55. The first-order valence-electron chi connectivity index (χ1n) is 6.86. The molecule has 118 valence electrons. The monoisotopic (exact) mass is 315 g/mol. The Hall–Kier alpha value is -3.03. The third-order valence-corrected chi connectivity index (χ3v) is 3.83. The summed E-state index contributed by atoms with van der Waals surface area (Å²) in [7, 11) is 1.17. The van der Waals surface area contributed by atoms with Crippen molar-refractivity contribution in [3.8, 4) is 0 Å². The van der Waals surface area contributed by atoms with Crippen molar-refractivity contribution in [1.82, 2.24) is 5.43 Å². The maximum atomic E-state index is 12.6. The van der Waals surface area contributed by atoms with E-state index in [1.807, 2.05) is 0 Å². The standard InChI is InChI=1S/C15H13N3O5/c1-7(19)8-4-3-5-9(6-8)18-13(20)10-11(14(18)21)16-17-12(10)15(22)23-2/h3-6,10-11,16H,1-2H3/t10-,11-/m0/s1. The average Bonchev–Trinajstić information content (AvgIpc) is 3.08. The minimum Gasteiger partial charge on any atom is -0.464 e. The highest BCUT2D eigenvalue weighted by Crippen LogP contribution is 2.31. The topological polar surface area (TPSA) is 105 Å². The number of esters is 1. The molecule has 1 N–H and O–H groups in total. The minimum absolute atomic E-state index is 0.124. The van der Waals surface area contributed by atoms with Gasteiger partial charge in [-0.2, -0.15) is 5.10 Å². The van der Waals surface area contributed by atoms with Crippen molar-refractivity contribution < 1.29 is 23.9 Å². The molecular weight excluding hydrogens is 302 g/mol. The van der Waals surface area contributed by atoms with Gasteiger partial charge in [0.05, 0.1) is 12.8 Å². The van der Waals surface area contributed by atoms with Gasteiger partial charge in [-0.05, 0) is 19.1 Å². The molecular formula is C15H13N3O5. The second kappa shape index (κ2) is 5.31. The Bertz CT molecular complexity index is 770. The molecule has 2 atom stereocenters. The van der Waals surface area contributed by atoms with Gasteiger partial charge in [0.25, 0.3) is 5.91 Å². The zero-order valence-electron chi connectivity index (χ0n) is 12.4. The summed E-state index contributed by atoms with van der Waals surface area (Å²) in [5, 5.41) is 3.74. The van der Waals surface area contributed by atoms with Gasteiger partial charge in [-0.3, -0.25) is 19.8 Å². The summed E-state index contributed by atoms with van der Waals surface area (Å²) in [6, 6.07) is 5.27. The first-order chi connectivity index (χ1) is 11.0. The Kier molecular flexibility index (Phi) is 3.44. The van der Waals surface area contributed by atoms with Gasteiger partial charge in [0.15, 0.2) is 11.5 Å². The first kappa shape index (κ1) is 14.9.